The van der Waals surface area contributed by atoms with E-state index in [0.29, 0.717) is 0 Å². The molecule has 0 radical (unpaired) electrons. The number of benzene rings is 2. The van der Waals surface area contributed by atoms with Crippen LogP contribution in [0.25, 0.3) is 0 Å². The van der Waals surface area contributed by atoms with E-state index in [1.54, 1.807) is 0 Å². The molecule has 0 N–H and O–H groups in total. The van der Waals surface area contributed by atoms with Crippen LogP contribution in [-0.2, 0) is 13.0 Å². The minimum absolute atomic E-state index is 0.199. The lowest BCUT2D eigenvalue weighted by Gasteiger charge is -2.32. The van der Waals surface area contributed by atoms with Gasteiger partial charge in [0.25, 0.3) is 0 Å². The molecule has 0 aliphatic carbocycles. The molecule has 2 aromatic carbocycles. The average molecular weight is 312 g/mol. The number of alkyl halides is 1. The number of halogens is 1. The topological polar surface area (TPSA) is 6.48 Å². The summed E-state index contributed by atoms with van der Waals surface area (Å²) in [5.74, 6) is 0.199. The van der Waals surface area contributed by atoms with Crippen LogP contribution in [0.5, 0.6) is 0 Å². The highest BCUT2D eigenvalue weighted by Gasteiger charge is 2.26. The van der Waals surface area contributed by atoms with Crippen LogP contribution in [0.1, 0.15) is 17.5 Å². The summed E-state index contributed by atoms with van der Waals surface area (Å²) in [4.78, 5) is 0. The van der Waals surface area contributed by atoms with Crippen LogP contribution >= 0.6 is 0 Å². The van der Waals surface area contributed by atoms with Crippen molar-refractivity contribution in [2.45, 2.75) is 19.4 Å². The van der Waals surface area contributed by atoms with E-state index in [1.165, 1.54) is 11.1 Å². The van der Waals surface area contributed by atoms with Gasteiger partial charge in [-0.2, -0.15) is 0 Å². The number of hydrogen-bond acceptors (Lipinski definition) is 2. The Morgan fingerprint density at radius 1 is 0.957 bits per heavy atom. The number of hydrogen-bond donors (Lipinski definition) is 0. The molecule has 3 heteroatoms. The zero-order valence-electron chi connectivity index (χ0n) is 13.6. The highest BCUT2D eigenvalue weighted by molar-refractivity contribution is 5.16. The maximum absolute atomic E-state index is 13.0. The van der Waals surface area contributed by atoms with Crippen molar-refractivity contribution in [3.8, 4) is 0 Å². The Hall–Kier alpha value is -1.71. The van der Waals surface area contributed by atoms with Crippen LogP contribution in [0.4, 0.5) is 4.39 Å². The Morgan fingerprint density at radius 3 is 2.22 bits per heavy atom. The maximum Gasteiger partial charge on any atom is 0.0935 e. The summed E-state index contributed by atoms with van der Waals surface area (Å²) < 4.78 is 13.0. The van der Waals surface area contributed by atoms with E-state index in [2.05, 4.69) is 64.6 Å². The van der Waals surface area contributed by atoms with Crippen LogP contribution in [0.2, 0.25) is 0 Å². The van der Waals surface area contributed by atoms with Crippen molar-refractivity contribution in [2.75, 3.05) is 26.3 Å². The standard InChI is InChI=1S/C20H25FN2/c21-15-20-12-14-23(17-20)22(16-19-9-5-2-6-10-19)13-11-18-7-3-1-4-8-18/h1-10,20H,11-17H2/t20-/m1/s1. The zero-order chi connectivity index (χ0) is 15.9. The molecule has 1 saturated heterocycles. The largest absolute Gasteiger partial charge is 0.251 e. The predicted molar refractivity (Wildman–Crippen MR) is 92.7 cm³/mol. The molecule has 1 aliphatic heterocycles. The minimum atomic E-state index is -0.200. The van der Waals surface area contributed by atoms with Gasteiger partial charge in [-0.05, 0) is 24.0 Å². The summed E-state index contributed by atoms with van der Waals surface area (Å²) in [5.41, 5.74) is 2.66. The molecule has 0 bridgehead atoms. The van der Waals surface area contributed by atoms with E-state index in [1.807, 2.05) is 6.07 Å². The highest BCUT2D eigenvalue weighted by Crippen LogP contribution is 2.20. The summed E-state index contributed by atoms with van der Waals surface area (Å²) in [6.45, 7) is 3.48. The second-order valence-corrected chi connectivity index (χ2v) is 6.33. The van der Waals surface area contributed by atoms with Gasteiger partial charge >= 0.3 is 0 Å². The number of hydrazine groups is 1. The van der Waals surface area contributed by atoms with Gasteiger partial charge in [-0.1, -0.05) is 60.7 Å². The van der Waals surface area contributed by atoms with Crippen molar-refractivity contribution in [1.82, 2.24) is 10.0 Å². The van der Waals surface area contributed by atoms with Crippen LogP contribution in [0.15, 0.2) is 60.7 Å². The molecule has 3 rings (SSSR count). The molecule has 0 amide bonds. The van der Waals surface area contributed by atoms with Gasteiger partial charge in [0.2, 0.25) is 0 Å². The first-order valence-corrected chi connectivity index (χ1v) is 8.49. The quantitative estimate of drug-likeness (QED) is 0.764. The average Bonchev–Trinajstić information content (AvgIpc) is 3.09. The van der Waals surface area contributed by atoms with E-state index in [4.69, 9.17) is 0 Å². The predicted octanol–water partition coefficient (Wildman–Crippen LogP) is 3.94. The lowest BCUT2D eigenvalue weighted by molar-refractivity contribution is -0.0148. The molecule has 1 fully saturated rings. The molecule has 1 atom stereocenters. The van der Waals surface area contributed by atoms with Crippen molar-refractivity contribution in [1.29, 1.82) is 0 Å². The SMILES string of the molecule is FC[C@H]1CCN(N(CCc2ccccc2)Cc2ccccc2)C1. The van der Waals surface area contributed by atoms with Crippen molar-refractivity contribution >= 4 is 0 Å². The van der Waals surface area contributed by atoms with Crippen molar-refractivity contribution < 1.29 is 4.39 Å². The molecule has 0 spiro atoms. The van der Waals surface area contributed by atoms with Gasteiger partial charge < -0.3 is 0 Å². The molecule has 0 aromatic heterocycles. The number of rotatable bonds is 7. The fraction of sp³-hybridized carbons (Fsp3) is 0.400. The molecule has 122 valence electrons. The van der Waals surface area contributed by atoms with Gasteiger partial charge in [-0.15, -0.1) is 0 Å². The Kier molecular flexibility index (Phi) is 5.78. The first kappa shape index (κ1) is 16.2. The summed E-state index contributed by atoms with van der Waals surface area (Å²) in [6, 6.07) is 21.1. The van der Waals surface area contributed by atoms with Gasteiger partial charge in [0, 0.05) is 32.1 Å². The second kappa shape index (κ2) is 8.23. The summed E-state index contributed by atoms with van der Waals surface area (Å²) in [5, 5.41) is 4.75. The molecule has 0 saturated carbocycles. The molecule has 1 aliphatic rings. The van der Waals surface area contributed by atoms with Crippen molar-refractivity contribution in [2.24, 2.45) is 5.92 Å². The fourth-order valence-corrected chi connectivity index (χ4v) is 3.21. The molecular weight excluding hydrogens is 287 g/mol. The maximum atomic E-state index is 13.0. The molecule has 2 nitrogen and oxygen atoms in total. The molecule has 23 heavy (non-hydrogen) atoms. The lowest BCUT2D eigenvalue weighted by Crippen LogP contribution is -2.42. The van der Waals surface area contributed by atoms with Gasteiger partial charge in [-0.3, -0.25) is 4.39 Å². The Bertz CT molecular complexity index is 573. The summed E-state index contributed by atoms with van der Waals surface area (Å²) in [7, 11) is 0. The summed E-state index contributed by atoms with van der Waals surface area (Å²) in [6.07, 6.45) is 1.98. The van der Waals surface area contributed by atoms with Crippen molar-refractivity contribution in [3.05, 3.63) is 71.8 Å². The van der Waals surface area contributed by atoms with E-state index in [0.717, 1.165) is 39.0 Å². The Morgan fingerprint density at radius 2 is 1.61 bits per heavy atom. The third-order valence-electron chi connectivity index (χ3n) is 4.59. The smallest absolute Gasteiger partial charge is 0.0935 e. The van der Waals surface area contributed by atoms with Gasteiger partial charge in [0.1, 0.15) is 0 Å². The third kappa shape index (κ3) is 4.63. The zero-order valence-corrected chi connectivity index (χ0v) is 13.6. The third-order valence-corrected chi connectivity index (χ3v) is 4.59. The van der Waals surface area contributed by atoms with Crippen LogP contribution < -0.4 is 0 Å². The Labute approximate surface area is 138 Å². The van der Waals surface area contributed by atoms with Crippen molar-refractivity contribution in [3.63, 3.8) is 0 Å². The first-order valence-electron chi connectivity index (χ1n) is 8.49. The van der Waals surface area contributed by atoms with Gasteiger partial charge in [0.15, 0.2) is 0 Å². The molecule has 2 aromatic rings. The van der Waals surface area contributed by atoms with E-state index in [9.17, 15) is 4.39 Å². The Balaban J connectivity index is 1.65. The van der Waals surface area contributed by atoms with Crippen LogP contribution in [0.3, 0.4) is 0 Å². The highest BCUT2D eigenvalue weighted by atomic mass is 19.1. The van der Waals surface area contributed by atoms with Crippen LogP contribution in [-0.4, -0.2) is 36.3 Å². The normalized spacial score (nSPS) is 18.6. The summed E-state index contributed by atoms with van der Waals surface area (Å²) >= 11 is 0. The minimum Gasteiger partial charge on any atom is -0.251 e. The second-order valence-electron chi connectivity index (χ2n) is 6.33. The number of nitrogens with zero attached hydrogens (tertiary/aromatic N) is 2. The van der Waals surface area contributed by atoms with Crippen LogP contribution in [0, 0.1) is 5.92 Å². The monoisotopic (exact) mass is 312 g/mol. The fourth-order valence-electron chi connectivity index (χ4n) is 3.21. The van der Waals surface area contributed by atoms with E-state index in [-0.39, 0.29) is 12.6 Å². The molecular formula is C20H25FN2. The molecule has 0 unspecified atom stereocenters. The van der Waals surface area contributed by atoms with Gasteiger partial charge in [0.05, 0.1) is 6.67 Å². The lowest BCUT2D eigenvalue weighted by atomic mass is 10.1. The first-order chi connectivity index (χ1) is 11.3. The van der Waals surface area contributed by atoms with E-state index >= 15 is 0 Å². The van der Waals surface area contributed by atoms with Gasteiger partial charge in [-0.25, -0.2) is 10.0 Å². The van der Waals surface area contributed by atoms with E-state index < -0.39 is 0 Å². The molecule has 1 heterocycles.